The molecule has 0 aliphatic rings. The molecule has 2 heterocycles. The van der Waals surface area contributed by atoms with Gasteiger partial charge >= 0.3 is 0 Å². The van der Waals surface area contributed by atoms with Crippen LogP contribution in [0.2, 0.25) is 0 Å². The summed E-state index contributed by atoms with van der Waals surface area (Å²) < 4.78 is 0. The van der Waals surface area contributed by atoms with E-state index in [1.807, 2.05) is 12.1 Å². The molecule has 0 bridgehead atoms. The Bertz CT molecular complexity index is 447. The number of fused-ring (bicyclic) bond motifs is 1. The zero-order chi connectivity index (χ0) is 9.26. The first kappa shape index (κ1) is 7.79. The predicted molar refractivity (Wildman–Crippen MR) is 49.5 cm³/mol. The second kappa shape index (κ2) is 2.90. The molecule has 2 aromatic rings. The maximum absolute atomic E-state index is 11.3. The van der Waals surface area contributed by atoms with Crippen molar-refractivity contribution in [2.45, 2.75) is 0 Å². The van der Waals surface area contributed by atoms with Gasteiger partial charge in [-0.05, 0) is 12.1 Å². The Morgan fingerprint density at radius 3 is 3.23 bits per heavy atom. The fourth-order valence-corrected chi connectivity index (χ4v) is 1.26. The van der Waals surface area contributed by atoms with Gasteiger partial charge in [0.05, 0.1) is 11.1 Å². The van der Waals surface area contributed by atoms with Gasteiger partial charge in [-0.1, -0.05) is 0 Å². The van der Waals surface area contributed by atoms with Gasteiger partial charge in [-0.15, -0.1) is 0 Å². The van der Waals surface area contributed by atoms with E-state index in [2.05, 4.69) is 15.3 Å². The predicted octanol–water partition coefficient (Wildman–Crippen LogP) is 0.922. The topological polar surface area (TPSA) is 57.8 Å². The monoisotopic (exact) mass is 175 g/mol. The second-order valence-corrected chi connectivity index (χ2v) is 2.68. The molecular formula is C9H9N3O. The number of H-pyrrole nitrogens is 1. The van der Waals surface area contributed by atoms with Crippen molar-refractivity contribution in [3.8, 4) is 0 Å². The molecule has 0 spiro atoms. The van der Waals surface area contributed by atoms with Crippen LogP contribution in [-0.4, -0.2) is 22.9 Å². The van der Waals surface area contributed by atoms with Crippen molar-refractivity contribution in [3.63, 3.8) is 0 Å². The van der Waals surface area contributed by atoms with Crippen molar-refractivity contribution < 1.29 is 4.79 Å². The molecular weight excluding hydrogens is 166 g/mol. The maximum atomic E-state index is 11.3. The minimum absolute atomic E-state index is 0.120. The largest absolute Gasteiger partial charge is 0.359 e. The lowest BCUT2D eigenvalue weighted by Gasteiger charge is -1.94. The van der Waals surface area contributed by atoms with Crippen LogP contribution in [0.3, 0.4) is 0 Å². The fourth-order valence-electron chi connectivity index (χ4n) is 1.26. The molecule has 2 rings (SSSR count). The van der Waals surface area contributed by atoms with Gasteiger partial charge in [0.25, 0.3) is 5.91 Å². The number of hydrogen-bond acceptors (Lipinski definition) is 2. The third kappa shape index (κ3) is 1.16. The molecule has 0 radical (unpaired) electrons. The van der Waals surface area contributed by atoms with Crippen LogP contribution in [0.5, 0.6) is 0 Å². The van der Waals surface area contributed by atoms with Gasteiger partial charge in [0, 0.05) is 19.4 Å². The van der Waals surface area contributed by atoms with Gasteiger partial charge in [0.2, 0.25) is 0 Å². The first-order valence-corrected chi connectivity index (χ1v) is 3.97. The number of aromatic nitrogens is 2. The molecule has 1 amide bonds. The molecule has 2 N–H and O–H groups in total. The van der Waals surface area contributed by atoms with Crippen molar-refractivity contribution >= 4 is 16.9 Å². The van der Waals surface area contributed by atoms with Crippen LogP contribution in [0.15, 0.2) is 24.5 Å². The van der Waals surface area contributed by atoms with E-state index < -0.39 is 0 Å². The van der Waals surface area contributed by atoms with Crippen LogP contribution >= 0.6 is 0 Å². The van der Waals surface area contributed by atoms with Crippen LogP contribution in [0.1, 0.15) is 10.4 Å². The molecule has 0 saturated carbocycles. The van der Waals surface area contributed by atoms with Gasteiger partial charge in [-0.2, -0.15) is 0 Å². The summed E-state index contributed by atoms with van der Waals surface area (Å²) in [5, 5.41) is 2.56. The van der Waals surface area contributed by atoms with Crippen molar-refractivity contribution in [3.05, 3.63) is 30.1 Å². The summed E-state index contributed by atoms with van der Waals surface area (Å²) in [5.41, 5.74) is 2.17. The molecule has 4 nitrogen and oxygen atoms in total. The smallest absolute Gasteiger partial charge is 0.254 e. The van der Waals surface area contributed by atoms with Crippen LogP contribution in [0, 0.1) is 0 Å². The lowest BCUT2D eigenvalue weighted by Crippen LogP contribution is -2.17. The summed E-state index contributed by atoms with van der Waals surface area (Å²) in [7, 11) is 1.60. The molecule has 13 heavy (non-hydrogen) atoms. The number of rotatable bonds is 1. The third-order valence-corrected chi connectivity index (χ3v) is 1.91. The van der Waals surface area contributed by atoms with Crippen molar-refractivity contribution in [2.75, 3.05) is 7.05 Å². The van der Waals surface area contributed by atoms with Crippen LogP contribution in [-0.2, 0) is 0 Å². The van der Waals surface area contributed by atoms with E-state index >= 15 is 0 Å². The Balaban J connectivity index is 2.64. The SMILES string of the molecule is CNC(=O)c1c[nH]c2cccnc12. The molecule has 0 aliphatic carbocycles. The van der Waals surface area contributed by atoms with E-state index in [1.54, 1.807) is 19.4 Å². The van der Waals surface area contributed by atoms with E-state index in [9.17, 15) is 4.79 Å². The van der Waals surface area contributed by atoms with Crippen LogP contribution in [0.25, 0.3) is 11.0 Å². The molecule has 0 saturated heterocycles. The molecule has 0 atom stereocenters. The van der Waals surface area contributed by atoms with E-state index in [0.717, 1.165) is 5.52 Å². The molecule has 66 valence electrons. The number of amides is 1. The Morgan fingerprint density at radius 2 is 2.46 bits per heavy atom. The van der Waals surface area contributed by atoms with E-state index in [-0.39, 0.29) is 5.91 Å². The standard InChI is InChI=1S/C9H9N3O/c1-10-9(13)6-5-12-7-3-2-4-11-8(6)7/h2-5,12H,1H3,(H,10,13). The Kier molecular flexibility index (Phi) is 1.73. The average molecular weight is 175 g/mol. The zero-order valence-corrected chi connectivity index (χ0v) is 7.16. The quantitative estimate of drug-likeness (QED) is 0.677. The molecule has 0 fully saturated rings. The van der Waals surface area contributed by atoms with Crippen LogP contribution < -0.4 is 5.32 Å². The minimum Gasteiger partial charge on any atom is -0.359 e. The molecule has 2 aromatic heterocycles. The number of nitrogens with zero attached hydrogens (tertiary/aromatic N) is 1. The van der Waals surface area contributed by atoms with Crippen LogP contribution in [0.4, 0.5) is 0 Å². The molecule has 4 heteroatoms. The first-order chi connectivity index (χ1) is 6.33. The van der Waals surface area contributed by atoms with Gasteiger partial charge < -0.3 is 10.3 Å². The summed E-state index contributed by atoms with van der Waals surface area (Å²) in [5.74, 6) is -0.120. The zero-order valence-electron chi connectivity index (χ0n) is 7.16. The van der Waals surface area contributed by atoms with E-state index in [4.69, 9.17) is 0 Å². The third-order valence-electron chi connectivity index (χ3n) is 1.91. The maximum Gasteiger partial charge on any atom is 0.254 e. The minimum atomic E-state index is -0.120. The number of hydrogen-bond donors (Lipinski definition) is 2. The fraction of sp³-hybridized carbons (Fsp3) is 0.111. The highest BCUT2D eigenvalue weighted by Crippen LogP contribution is 2.14. The summed E-state index contributed by atoms with van der Waals surface area (Å²) >= 11 is 0. The summed E-state index contributed by atoms with van der Waals surface area (Å²) in [6.45, 7) is 0. The van der Waals surface area contributed by atoms with Gasteiger partial charge in [-0.3, -0.25) is 9.78 Å². The summed E-state index contributed by atoms with van der Waals surface area (Å²) in [6, 6.07) is 3.71. The number of carbonyl (C=O) groups excluding carboxylic acids is 1. The highest BCUT2D eigenvalue weighted by molar-refractivity contribution is 6.04. The Morgan fingerprint density at radius 1 is 1.62 bits per heavy atom. The molecule has 0 aliphatic heterocycles. The lowest BCUT2D eigenvalue weighted by atomic mass is 10.2. The summed E-state index contributed by atoms with van der Waals surface area (Å²) in [6.07, 6.45) is 3.33. The average Bonchev–Trinajstić information content (AvgIpc) is 2.60. The van der Waals surface area contributed by atoms with Gasteiger partial charge in [-0.25, -0.2) is 0 Å². The normalized spacial score (nSPS) is 10.2. The van der Waals surface area contributed by atoms with Gasteiger partial charge in [0.15, 0.2) is 0 Å². The van der Waals surface area contributed by atoms with E-state index in [0.29, 0.717) is 11.1 Å². The number of aromatic amines is 1. The number of carbonyl (C=O) groups is 1. The molecule has 0 unspecified atom stereocenters. The lowest BCUT2D eigenvalue weighted by molar-refractivity contribution is 0.0964. The second-order valence-electron chi connectivity index (χ2n) is 2.68. The Labute approximate surface area is 75.0 Å². The van der Waals surface area contributed by atoms with Crippen molar-refractivity contribution in [1.29, 1.82) is 0 Å². The first-order valence-electron chi connectivity index (χ1n) is 3.97. The van der Waals surface area contributed by atoms with Crippen molar-refractivity contribution in [2.24, 2.45) is 0 Å². The van der Waals surface area contributed by atoms with E-state index in [1.165, 1.54) is 0 Å². The Hall–Kier alpha value is -1.84. The summed E-state index contributed by atoms with van der Waals surface area (Å²) in [4.78, 5) is 18.4. The highest BCUT2D eigenvalue weighted by atomic mass is 16.1. The van der Waals surface area contributed by atoms with Gasteiger partial charge in [0.1, 0.15) is 5.52 Å². The number of nitrogens with one attached hydrogen (secondary N) is 2. The molecule has 0 aromatic carbocycles. The highest BCUT2D eigenvalue weighted by Gasteiger charge is 2.09. The number of pyridine rings is 1. The van der Waals surface area contributed by atoms with Crippen molar-refractivity contribution in [1.82, 2.24) is 15.3 Å².